The molecule has 0 N–H and O–H groups in total. The molecular weight excluding hydrogens is 290 g/mol. The van der Waals surface area contributed by atoms with Crippen LogP contribution in [0.4, 0.5) is 0 Å². The van der Waals surface area contributed by atoms with E-state index < -0.39 is 0 Å². The molecule has 1 aliphatic rings. The average molecular weight is 311 g/mol. The summed E-state index contributed by atoms with van der Waals surface area (Å²) < 4.78 is 5.83. The van der Waals surface area contributed by atoms with E-state index in [1.807, 2.05) is 24.0 Å². The second kappa shape index (κ2) is 7.22. The Morgan fingerprint density at radius 3 is 2.65 bits per heavy atom. The summed E-state index contributed by atoms with van der Waals surface area (Å²) in [5, 5.41) is 0. The van der Waals surface area contributed by atoms with Crippen molar-refractivity contribution in [3.63, 3.8) is 0 Å². The minimum Gasteiger partial charge on any atom is -0.477 e. The Balaban J connectivity index is 1.49. The van der Waals surface area contributed by atoms with E-state index in [0.717, 1.165) is 31.5 Å². The Morgan fingerprint density at radius 1 is 1.22 bits per heavy atom. The van der Waals surface area contributed by atoms with Crippen LogP contribution in [0.15, 0.2) is 42.9 Å². The molecule has 3 rings (SSSR count). The van der Waals surface area contributed by atoms with Gasteiger partial charge in [-0.3, -0.25) is 9.78 Å². The van der Waals surface area contributed by atoms with Crippen LogP contribution in [-0.4, -0.2) is 40.5 Å². The smallest absolute Gasteiger partial charge is 0.253 e. The van der Waals surface area contributed by atoms with E-state index in [-0.39, 0.29) is 5.91 Å². The van der Waals surface area contributed by atoms with Crippen LogP contribution in [0.5, 0.6) is 5.88 Å². The Kier molecular flexibility index (Phi) is 4.86. The molecule has 2 aromatic rings. The van der Waals surface area contributed by atoms with Crippen molar-refractivity contribution in [3.05, 3.63) is 54.0 Å². The third kappa shape index (κ3) is 3.86. The lowest BCUT2D eigenvalue weighted by Crippen LogP contribution is -2.39. The summed E-state index contributed by atoms with van der Waals surface area (Å²) in [5.41, 5.74) is 1.76. The fourth-order valence-corrected chi connectivity index (χ4v) is 2.80. The molecule has 0 spiro atoms. The maximum absolute atomic E-state index is 12.4. The number of piperidine rings is 1. The maximum Gasteiger partial charge on any atom is 0.253 e. The van der Waals surface area contributed by atoms with E-state index in [9.17, 15) is 4.79 Å². The maximum atomic E-state index is 12.4. The van der Waals surface area contributed by atoms with Crippen LogP contribution in [0.25, 0.3) is 0 Å². The van der Waals surface area contributed by atoms with Crippen molar-refractivity contribution >= 4 is 5.91 Å². The molecular formula is C18H21N3O2. The summed E-state index contributed by atoms with van der Waals surface area (Å²) in [5.74, 6) is 1.27. The number of likely N-dealkylation sites (tertiary alicyclic amines) is 1. The lowest BCUT2D eigenvalue weighted by atomic mass is 9.97. The van der Waals surface area contributed by atoms with Crippen molar-refractivity contribution in [1.29, 1.82) is 0 Å². The number of aryl methyl sites for hydroxylation is 1. The Hall–Kier alpha value is -2.43. The molecule has 1 aliphatic heterocycles. The molecule has 0 radical (unpaired) electrons. The van der Waals surface area contributed by atoms with E-state index in [0.29, 0.717) is 24.0 Å². The zero-order valence-electron chi connectivity index (χ0n) is 13.3. The highest BCUT2D eigenvalue weighted by atomic mass is 16.5. The van der Waals surface area contributed by atoms with Crippen LogP contribution in [0.3, 0.4) is 0 Å². The topological polar surface area (TPSA) is 55.3 Å². The van der Waals surface area contributed by atoms with Gasteiger partial charge >= 0.3 is 0 Å². The first-order chi connectivity index (χ1) is 11.2. The molecule has 0 aromatic carbocycles. The van der Waals surface area contributed by atoms with Gasteiger partial charge in [0.05, 0.1) is 6.61 Å². The van der Waals surface area contributed by atoms with Gasteiger partial charge in [0.25, 0.3) is 5.91 Å². The Labute approximate surface area is 136 Å². The van der Waals surface area contributed by atoms with Crippen LogP contribution >= 0.6 is 0 Å². The molecule has 0 atom stereocenters. The van der Waals surface area contributed by atoms with Crippen molar-refractivity contribution in [1.82, 2.24) is 14.9 Å². The molecule has 3 heterocycles. The van der Waals surface area contributed by atoms with Gasteiger partial charge < -0.3 is 9.64 Å². The van der Waals surface area contributed by atoms with Gasteiger partial charge in [-0.2, -0.15) is 0 Å². The SMILES string of the molecule is Cc1cccnc1OCC1CCN(C(=O)c2ccncc2)CC1. The molecule has 120 valence electrons. The molecule has 0 bridgehead atoms. The fourth-order valence-electron chi connectivity index (χ4n) is 2.80. The number of amides is 1. The van der Waals surface area contributed by atoms with Gasteiger partial charge in [-0.25, -0.2) is 4.98 Å². The number of ether oxygens (including phenoxy) is 1. The zero-order chi connectivity index (χ0) is 16.1. The predicted molar refractivity (Wildman–Crippen MR) is 87.3 cm³/mol. The van der Waals surface area contributed by atoms with E-state index in [2.05, 4.69) is 9.97 Å². The summed E-state index contributed by atoms with van der Waals surface area (Å²) in [6.45, 7) is 4.21. The number of aromatic nitrogens is 2. The van der Waals surface area contributed by atoms with Gasteiger partial charge in [0.2, 0.25) is 5.88 Å². The van der Waals surface area contributed by atoms with Gasteiger partial charge in [0, 0.05) is 42.8 Å². The summed E-state index contributed by atoms with van der Waals surface area (Å²) in [6, 6.07) is 7.44. The van der Waals surface area contributed by atoms with Crippen LogP contribution in [0, 0.1) is 12.8 Å². The summed E-state index contributed by atoms with van der Waals surface area (Å²) >= 11 is 0. The number of pyridine rings is 2. The number of carbonyl (C=O) groups is 1. The Morgan fingerprint density at radius 2 is 1.96 bits per heavy atom. The predicted octanol–water partition coefficient (Wildman–Crippen LogP) is 2.72. The van der Waals surface area contributed by atoms with Crippen LogP contribution in [-0.2, 0) is 0 Å². The number of hydrogen-bond acceptors (Lipinski definition) is 4. The van der Waals surface area contributed by atoms with E-state index in [4.69, 9.17) is 4.74 Å². The van der Waals surface area contributed by atoms with Gasteiger partial charge in [0.15, 0.2) is 0 Å². The van der Waals surface area contributed by atoms with Gasteiger partial charge in [-0.15, -0.1) is 0 Å². The highest BCUT2D eigenvalue weighted by Crippen LogP contribution is 2.21. The lowest BCUT2D eigenvalue weighted by molar-refractivity contribution is 0.0659. The van der Waals surface area contributed by atoms with Gasteiger partial charge in [-0.1, -0.05) is 6.07 Å². The third-order valence-electron chi connectivity index (χ3n) is 4.25. The molecule has 0 unspecified atom stereocenters. The number of hydrogen-bond donors (Lipinski definition) is 0. The zero-order valence-corrected chi connectivity index (χ0v) is 13.3. The second-order valence-electron chi connectivity index (χ2n) is 5.91. The van der Waals surface area contributed by atoms with Crippen molar-refractivity contribution in [2.45, 2.75) is 19.8 Å². The molecule has 0 aliphatic carbocycles. The number of nitrogens with zero attached hydrogens (tertiary/aromatic N) is 3. The lowest BCUT2D eigenvalue weighted by Gasteiger charge is -2.32. The molecule has 1 amide bonds. The minimum atomic E-state index is 0.0901. The summed E-state index contributed by atoms with van der Waals surface area (Å²) in [6.07, 6.45) is 6.98. The number of rotatable bonds is 4. The first-order valence-corrected chi connectivity index (χ1v) is 7.98. The first kappa shape index (κ1) is 15.5. The van der Waals surface area contributed by atoms with Crippen LogP contribution in [0.1, 0.15) is 28.8 Å². The van der Waals surface area contributed by atoms with E-state index >= 15 is 0 Å². The van der Waals surface area contributed by atoms with Crippen LogP contribution in [0.2, 0.25) is 0 Å². The summed E-state index contributed by atoms with van der Waals surface area (Å²) in [4.78, 5) is 22.5. The third-order valence-corrected chi connectivity index (χ3v) is 4.25. The molecule has 0 saturated carbocycles. The number of carbonyl (C=O) groups excluding carboxylic acids is 1. The van der Waals surface area contributed by atoms with Gasteiger partial charge in [0.1, 0.15) is 0 Å². The highest BCUT2D eigenvalue weighted by molar-refractivity contribution is 5.94. The second-order valence-corrected chi connectivity index (χ2v) is 5.91. The molecule has 2 aromatic heterocycles. The molecule has 5 nitrogen and oxygen atoms in total. The van der Waals surface area contributed by atoms with Crippen molar-refractivity contribution in [3.8, 4) is 5.88 Å². The van der Waals surface area contributed by atoms with Crippen LogP contribution < -0.4 is 4.74 Å². The fraction of sp³-hybridized carbons (Fsp3) is 0.389. The molecule has 23 heavy (non-hydrogen) atoms. The monoisotopic (exact) mass is 311 g/mol. The first-order valence-electron chi connectivity index (χ1n) is 7.98. The average Bonchev–Trinajstić information content (AvgIpc) is 2.62. The summed E-state index contributed by atoms with van der Waals surface area (Å²) in [7, 11) is 0. The Bertz CT molecular complexity index is 652. The van der Waals surface area contributed by atoms with Crippen molar-refractivity contribution < 1.29 is 9.53 Å². The van der Waals surface area contributed by atoms with E-state index in [1.165, 1.54) is 0 Å². The van der Waals surface area contributed by atoms with Gasteiger partial charge in [-0.05, 0) is 43.9 Å². The highest BCUT2D eigenvalue weighted by Gasteiger charge is 2.24. The molecule has 1 saturated heterocycles. The molecule has 5 heteroatoms. The standard InChI is InChI=1S/C18H21N3O2/c1-14-3-2-8-20-17(14)23-13-15-6-11-21(12-7-15)18(22)16-4-9-19-10-5-16/h2-5,8-10,15H,6-7,11-13H2,1H3. The minimum absolute atomic E-state index is 0.0901. The van der Waals surface area contributed by atoms with Crippen molar-refractivity contribution in [2.75, 3.05) is 19.7 Å². The molecule has 1 fully saturated rings. The van der Waals surface area contributed by atoms with Crippen molar-refractivity contribution in [2.24, 2.45) is 5.92 Å². The quantitative estimate of drug-likeness (QED) is 0.871. The van der Waals surface area contributed by atoms with E-state index in [1.54, 1.807) is 30.7 Å². The largest absolute Gasteiger partial charge is 0.477 e. The normalized spacial score (nSPS) is 15.4.